The van der Waals surface area contributed by atoms with Gasteiger partial charge in [0.15, 0.2) is 0 Å². The zero-order chi connectivity index (χ0) is 22.2. The maximum Gasteiger partial charge on any atom is 0.259 e. The van der Waals surface area contributed by atoms with E-state index in [1.165, 1.54) is 0 Å². The Hall–Kier alpha value is -4.38. The van der Waals surface area contributed by atoms with Crippen LogP contribution in [0.2, 0.25) is 0 Å². The minimum Gasteiger partial charge on any atom is -0.457 e. The van der Waals surface area contributed by atoms with Crippen molar-refractivity contribution in [2.75, 3.05) is 5.32 Å². The Kier molecular flexibility index (Phi) is 6.58. The molecular weight excluding hydrogens is 400 g/mol. The normalized spacial score (nSPS) is 10.2. The number of rotatable bonds is 7. The van der Waals surface area contributed by atoms with Crippen LogP contribution < -0.4 is 15.4 Å². The fourth-order valence-electron chi connectivity index (χ4n) is 3.21. The van der Waals surface area contributed by atoms with Crippen LogP contribution >= 0.6 is 0 Å². The van der Waals surface area contributed by atoms with E-state index in [0.29, 0.717) is 34.9 Å². The van der Waals surface area contributed by atoms with Crippen molar-refractivity contribution in [1.82, 2.24) is 5.32 Å². The third-order valence-electron chi connectivity index (χ3n) is 4.82. The van der Waals surface area contributed by atoms with E-state index in [9.17, 15) is 9.59 Å². The molecule has 158 valence electrons. The van der Waals surface area contributed by atoms with Crippen molar-refractivity contribution in [2.24, 2.45) is 0 Å². The van der Waals surface area contributed by atoms with Gasteiger partial charge in [-0.15, -0.1) is 0 Å². The maximum absolute atomic E-state index is 13.1. The predicted octanol–water partition coefficient (Wildman–Crippen LogP) is 5.66. The zero-order valence-electron chi connectivity index (χ0n) is 17.3. The molecule has 0 atom stereocenters. The Morgan fingerprint density at radius 3 is 1.97 bits per heavy atom. The van der Waals surface area contributed by atoms with Crippen LogP contribution in [0.15, 0.2) is 109 Å². The first kappa shape index (κ1) is 20.9. The molecule has 4 aromatic carbocycles. The van der Waals surface area contributed by atoms with Gasteiger partial charge >= 0.3 is 0 Å². The second-order valence-electron chi connectivity index (χ2n) is 7.08. The molecule has 0 saturated heterocycles. The first-order valence-electron chi connectivity index (χ1n) is 10.2. The summed E-state index contributed by atoms with van der Waals surface area (Å²) in [5, 5.41) is 5.75. The number of nitrogens with one attached hydrogen (secondary N) is 2. The minimum absolute atomic E-state index is 0.265. The van der Waals surface area contributed by atoms with Crippen LogP contribution in [0, 0.1) is 0 Å². The lowest BCUT2D eigenvalue weighted by Gasteiger charge is -2.14. The average molecular weight is 422 g/mol. The van der Waals surface area contributed by atoms with Gasteiger partial charge in [-0.25, -0.2) is 0 Å². The van der Waals surface area contributed by atoms with E-state index in [2.05, 4.69) is 10.6 Å². The highest BCUT2D eigenvalue weighted by molar-refractivity contribution is 6.10. The van der Waals surface area contributed by atoms with E-state index in [1.54, 1.807) is 48.5 Å². The molecule has 0 aliphatic carbocycles. The lowest BCUT2D eigenvalue weighted by molar-refractivity contribution is 0.0952. The van der Waals surface area contributed by atoms with E-state index in [-0.39, 0.29) is 11.8 Å². The molecule has 4 rings (SSSR count). The SMILES string of the molecule is O=C(NCc1ccccc1)c1ccccc1NC(=O)c1ccccc1Oc1ccccc1. The van der Waals surface area contributed by atoms with Crippen molar-refractivity contribution >= 4 is 17.5 Å². The zero-order valence-corrected chi connectivity index (χ0v) is 17.3. The van der Waals surface area contributed by atoms with Crippen LogP contribution in [0.25, 0.3) is 0 Å². The second-order valence-corrected chi connectivity index (χ2v) is 7.08. The molecule has 0 radical (unpaired) electrons. The molecule has 5 nitrogen and oxygen atoms in total. The van der Waals surface area contributed by atoms with Crippen molar-refractivity contribution < 1.29 is 14.3 Å². The fraction of sp³-hybridized carbons (Fsp3) is 0.0370. The third kappa shape index (κ3) is 5.21. The summed E-state index contributed by atoms with van der Waals surface area (Å²) in [5.41, 5.74) is 2.18. The highest BCUT2D eigenvalue weighted by Crippen LogP contribution is 2.26. The molecule has 0 aliphatic heterocycles. The molecular formula is C27H22N2O3. The third-order valence-corrected chi connectivity index (χ3v) is 4.82. The van der Waals surface area contributed by atoms with Gasteiger partial charge in [-0.05, 0) is 42.0 Å². The number of ether oxygens (including phenoxy) is 1. The summed E-state index contributed by atoms with van der Waals surface area (Å²) in [6, 6.07) is 32.8. The van der Waals surface area contributed by atoms with Crippen molar-refractivity contribution in [1.29, 1.82) is 0 Å². The largest absolute Gasteiger partial charge is 0.457 e. The lowest BCUT2D eigenvalue weighted by atomic mass is 10.1. The number of anilines is 1. The summed E-state index contributed by atoms with van der Waals surface area (Å²) in [5.74, 6) is 0.439. The van der Waals surface area contributed by atoms with Gasteiger partial charge in [0.05, 0.1) is 16.8 Å². The summed E-state index contributed by atoms with van der Waals surface area (Å²) < 4.78 is 5.89. The Balaban J connectivity index is 1.50. The molecule has 4 aromatic rings. The smallest absolute Gasteiger partial charge is 0.259 e. The molecule has 2 N–H and O–H groups in total. The van der Waals surface area contributed by atoms with Crippen LogP contribution in [0.1, 0.15) is 26.3 Å². The summed E-state index contributed by atoms with van der Waals surface area (Å²) >= 11 is 0. The standard InChI is InChI=1S/C27H22N2O3/c30-26(28-19-20-11-3-1-4-12-20)22-15-7-9-17-24(22)29-27(31)23-16-8-10-18-25(23)32-21-13-5-2-6-14-21/h1-18H,19H2,(H,28,30)(H,29,31). The van der Waals surface area contributed by atoms with Gasteiger partial charge in [-0.2, -0.15) is 0 Å². The highest BCUT2D eigenvalue weighted by atomic mass is 16.5. The molecule has 5 heteroatoms. The molecule has 0 unspecified atom stereocenters. The lowest BCUT2D eigenvalue weighted by Crippen LogP contribution is -2.25. The topological polar surface area (TPSA) is 67.4 Å². The Morgan fingerprint density at radius 2 is 1.22 bits per heavy atom. The van der Waals surface area contributed by atoms with Crippen LogP contribution in [0.5, 0.6) is 11.5 Å². The minimum atomic E-state index is -0.361. The summed E-state index contributed by atoms with van der Waals surface area (Å²) in [4.78, 5) is 25.8. The Labute approximate surface area is 186 Å². The molecule has 0 bridgehead atoms. The van der Waals surface area contributed by atoms with Crippen LogP contribution in [0.3, 0.4) is 0 Å². The van der Waals surface area contributed by atoms with E-state index in [4.69, 9.17) is 4.74 Å². The van der Waals surface area contributed by atoms with E-state index < -0.39 is 0 Å². The number of hydrogen-bond donors (Lipinski definition) is 2. The second kappa shape index (κ2) is 10.1. The monoisotopic (exact) mass is 422 g/mol. The van der Waals surface area contributed by atoms with Gasteiger partial charge in [-0.1, -0.05) is 72.8 Å². The Morgan fingerprint density at radius 1 is 0.625 bits per heavy atom. The van der Waals surface area contributed by atoms with Crippen molar-refractivity contribution in [3.8, 4) is 11.5 Å². The van der Waals surface area contributed by atoms with Gasteiger partial charge in [0.1, 0.15) is 11.5 Å². The maximum atomic E-state index is 13.1. The van der Waals surface area contributed by atoms with Gasteiger partial charge in [0.25, 0.3) is 11.8 Å². The first-order chi connectivity index (χ1) is 15.7. The van der Waals surface area contributed by atoms with Crippen LogP contribution in [-0.2, 0) is 6.54 Å². The van der Waals surface area contributed by atoms with E-state index >= 15 is 0 Å². The quantitative estimate of drug-likeness (QED) is 0.404. The number of para-hydroxylation sites is 3. The number of hydrogen-bond acceptors (Lipinski definition) is 3. The van der Waals surface area contributed by atoms with Gasteiger partial charge in [0, 0.05) is 6.54 Å². The van der Waals surface area contributed by atoms with Crippen molar-refractivity contribution in [3.05, 3.63) is 126 Å². The van der Waals surface area contributed by atoms with Gasteiger partial charge in [-0.3, -0.25) is 9.59 Å². The number of amides is 2. The van der Waals surface area contributed by atoms with Crippen molar-refractivity contribution in [3.63, 3.8) is 0 Å². The van der Waals surface area contributed by atoms with Crippen LogP contribution in [0.4, 0.5) is 5.69 Å². The molecule has 0 fully saturated rings. The summed E-state index contributed by atoms with van der Waals surface area (Å²) in [7, 11) is 0. The van der Waals surface area contributed by atoms with Gasteiger partial charge < -0.3 is 15.4 Å². The average Bonchev–Trinajstić information content (AvgIpc) is 2.84. The fourth-order valence-corrected chi connectivity index (χ4v) is 3.21. The summed E-state index contributed by atoms with van der Waals surface area (Å²) in [6.07, 6.45) is 0. The molecule has 0 aliphatic rings. The predicted molar refractivity (Wildman–Crippen MR) is 125 cm³/mol. The Bertz CT molecular complexity index is 1210. The summed E-state index contributed by atoms with van der Waals surface area (Å²) in [6.45, 7) is 0.399. The molecule has 0 heterocycles. The number of benzene rings is 4. The van der Waals surface area contributed by atoms with Crippen molar-refractivity contribution in [2.45, 2.75) is 6.54 Å². The molecule has 0 aromatic heterocycles. The first-order valence-corrected chi connectivity index (χ1v) is 10.2. The highest BCUT2D eigenvalue weighted by Gasteiger charge is 2.17. The number of carbonyl (C=O) groups is 2. The van der Waals surface area contributed by atoms with E-state index in [0.717, 1.165) is 5.56 Å². The van der Waals surface area contributed by atoms with Gasteiger partial charge in [0.2, 0.25) is 0 Å². The molecule has 2 amide bonds. The van der Waals surface area contributed by atoms with Crippen LogP contribution in [-0.4, -0.2) is 11.8 Å². The number of carbonyl (C=O) groups excluding carboxylic acids is 2. The molecule has 32 heavy (non-hydrogen) atoms. The molecule has 0 saturated carbocycles. The van der Waals surface area contributed by atoms with E-state index in [1.807, 2.05) is 60.7 Å². The molecule has 0 spiro atoms.